The van der Waals surface area contributed by atoms with Gasteiger partial charge in [0.1, 0.15) is 5.75 Å². The van der Waals surface area contributed by atoms with Gasteiger partial charge in [0.05, 0.1) is 6.61 Å². The molecular weight excluding hydrogens is 270 g/mol. The minimum atomic E-state index is 0.108. The molecular formula is C16H23NO2S. The van der Waals surface area contributed by atoms with E-state index < -0.39 is 0 Å². The molecule has 1 aliphatic heterocycles. The molecule has 1 heterocycles. The number of ketones is 1. The molecule has 1 atom stereocenters. The molecule has 0 radical (unpaired) electrons. The van der Waals surface area contributed by atoms with Crippen molar-refractivity contribution in [1.82, 2.24) is 4.90 Å². The molecule has 0 amide bonds. The van der Waals surface area contributed by atoms with E-state index in [0.717, 1.165) is 36.5 Å². The molecule has 0 spiro atoms. The van der Waals surface area contributed by atoms with Crippen LogP contribution >= 0.6 is 11.8 Å². The van der Waals surface area contributed by atoms with Gasteiger partial charge in [0.25, 0.3) is 0 Å². The molecule has 0 aromatic heterocycles. The Morgan fingerprint density at radius 2 is 2.30 bits per heavy atom. The van der Waals surface area contributed by atoms with Gasteiger partial charge in [-0.2, -0.15) is 11.8 Å². The minimum absolute atomic E-state index is 0.108. The highest BCUT2D eigenvalue weighted by atomic mass is 32.2. The van der Waals surface area contributed by atoms with Crippen molar-refractivity contribution < 1.29 is 9.53 Å². The molecule has 2 rings (SSSR count). The largest absolute Gasteiger partial charge is 0.494 e. The summed E-state index contributed by atoms with van der Waals surface area (Å²) in [5.74, 6) is 2.19. The van der Waals surface area contributed by atoms with Gasteiger partial charge in [0.15, 0.2) is 5.78 Å². The highest BCUT2D eigenvalue weighted by Crippen LogP contribution is 2.25. The molecule has 0 N–H and O–H groups in total. The van der Waals surface area contributed by atoms with Crippen molar-refractivity contribution in [2.45, 2.75) is 32.6 Å². The SMILES string of the molecule is CCOc1ccc(C(C)=O)cc1CN1CCSC(C)C1. The smallest absolute Gasteiger partial charge is 0.159 e. The molecule has 1 fully saturated rings. The zero-order valence-corrected chi connectivity index (χ0v) is 13.3. The second-order valence-corrected chi connectivity index (χ2v) is 6.77. The third-order valence-corrected chi connectivity index (χ3v) is 4.62. The normalized spacial score (nSPS) is 19.9. The predicted molar refractivity (Wildman–Crippen MR) is 84.8 cm³/mol. The fourth-order valence-electron chi connectivity index (χ4n) is 2.49. The van der Waals surface area contributed by atoms with Crippen LogP contribution in [-0.2, 0) is 6.54 Å². The van der Waals surface area contributed by atoms with Gasteiger partial charge in [0, 0.05) is 41.8 Å². The van der Waals surface area contributed by atoms with E-state index in [1.807, 2.05) is 36.9 Å². The van der Waals surface area contributed by atoms with Crippen molar-refractivity contribution in [3.63, 3.8) is 0 Å². The van der Waals surface area contributed by atoms with Crippen LogP contribution in [0.25, 0.3) is 0 Å². The van der Waals surface area contributed by atoms with E-state index in [-0.39, 0.29) is 5.78 Å². The summed E-state index contributed by atoms with van der Waals surface area (Å²) in [5.41, 5.74) is 1.89. The van der Waals surface area contributed by atoms with Gasteiger partial charge in [-0.05, 0) is 32.0 Å². The van der Waals surface area contributed by atoms with E-state index in [1.54, 1.807) is 6.92 Å². The summed E-state index contributed by atoms with van der Waals surface area (Å²) in [6, 6.07) is 5.77. The van der Waals surface area contributed by atoms with Gasteiger partial charge in [-0.1, -0.05) is 6.92 Å². The Morgan fingerprint density at radius 1 is 1.50 bits per heavy atom. The number of Topliss-reactive ketones (excluding diaryl/α,β-unsaturated/α-hetero) is 1. The number of carbonyl (C=O) groups is 1. The molecule has 0 saturated carbocycles. The van der Waals surface area contributed by atoms with E-state index in [4.69, 9.17) is 4.74 Å². The Morgan fingerprint density at radius 3 is 2.95 bits per heavy atom. The summed E-state index contributed by atoms with van der Waals surface area (Å²) in [4.78, 5) is 14.0. The highest BCUT2D eigenvalue weighted by Gasteiger charge is 2.18. The van der Waals surface area contributed by atoms with Crippen molar-refractivity contribution in [2.24, 2.45) is 0 Å². The Bertz CT molecular complexity index is 476. The number of benzene rings is 1. The van der Waals surface area contributed by atoms with E-state index in [2.05, 4.69) is 11.8 Å². The molecule has 110 valence electrons. The zero-order valence-electron chi connectivity index (χ0n) is 12.5. The highest BCUT2D eigenvalue weighted by molar-refractivity contribution is 7.99. The monoisotopic (exact) mass is 293 g/mol. The fourth-order valence-corrected chi connectivity index (χ4v) is 3.58. The third-order valence-electron chi connectivity index (χ3n) is 3.49. The second kappa shape index (κ2) is 7.14. The quantitative estimate of drug-likeness (QED) is 0.780. The van der Waals surface area contributed by atoms with Crippen LogP contribution in [0.1, 0.15) is 36.7 Å². The Kier molecular flexibility index (Phi) is 5.49. The molecule has 3 nitrogen and oxygen atoms in total. The lowest BCUT2D eigenvalue weighted by atomic mass is 10.1. The average Bonchev–Trinajstić information content (AvgIpc) is 2.41. The Hall–Kier alpha value is -1.00. The van der Waals surface area contributed by atoms with Crippen LogP contribution in [0.2, 0.25) is 0 Å². The van der Waals surface area contributed by atoms with Crippen LogP contribution in [0.4, 0.5) is 0 Å². The second-order valence-electron chi connectivity index (χ2n) is 5.23. The first-order valence-corrected chi connectivity index (χ1v) is 8.25. The van der Waals surface area contributed by atoms with Crippen molar-refractivity contribution in [3.05, 3.63) is 29.3 Å². The van der Waals surface area contributed by atoms with Crippen molar-refractivity contribution in [2.75, 3.05) is 25.4 Å². The predicted octanol–water partition coefficient (Wildman–Crippen LogP) is 3.23. The van der Waals surface area contributed by atoms with Crippen molar-refractivity contribution in [1.29, 1.82) is 0 Å². The number of hydrogen-bond donors (Lipinski definition) is 0. The van der Waals surface area contributed by atoms with E-state index in [9.17, 15) is 4.79 Å². The topological polar surface area (TPSA) is 29.5 Å². The number of carbonyl (C=O) groups excluding carboxylic acids is 1. The maximum atomic E-state index is 11.6. The molecule has 1 aromatic rings. The van der Waals surface area contributed by atoms with Crippen LogP contribution in [0.5, 0.6) is 5.75 Å². The first kappa shape index (κ1) is 15.4. The zero-order chi connectivity index (χ0) is 14.5. The Balaban J connectivity index is 2.18. The maximum Gasteiger partial charge on any atom is 0.159 e. The number of rotatable bonds is 5. The molecule has 4 heteroatoms. The summed E-state index contributed by atoms with van der Waals surface area (Å²) in [6.45, 7) is 9.58. The van der Waals surface area contributed by atoms with Crippen LogP contribution in [0.3, 0.4) is 0 Å². The summed E-state index contributed by atoms with van der Waals surface area (Å²) in [5, 5.41) is 0.676. The van der Waals surface area contributed by atoms with E-state index in [0.29, 0.717) is 11.9 Å². The number of ether oxygens (including phenoxy) is 1. The summed E-state index contributed by atoms with van der Waals surface area (Å²) in [7, 11) is 0. The lowest BCUT2D eigenvalue weighted by molar-refractivity contribution is 0.101. The first-order chi connectivity index (χ1) is 9.60. The van der Waals surface area contributed by atoms with Gasteiger partial charge >= 0.3 is 0 Å². The Labute approximate surface area is 125 Å². The lowest BCUT2D eigenvalue weighted by Gasteiger charge is -2.31. The first-order valence-electron chi connectivity index (χ1n) is 7.20. The van der Waals surface area contributed by atoms with Crippen molar-refractivity contribution in [3.8, 4) is 5.75 Å². The van der Waals surface area contributed by atoms with Crippen molar-refractivity contribution >= 4 is 17.5 Å². The number of hydrogen-bond acceptors (Lipinski definition) is 4. The van der Waals surface area contributed by atoms with Gasteiger partial charge in [-0.25, -0.2) is 0 Å². The van der Waals surface area contributed by atoms with E-state index >= 15 is 0 Å². The number of thioether (sulfide) groups is 1. The molecule has 1 unspecified atom stereocenters. The summed E-state index contributed by atoms with van der Waals surface area (Å²) < 4.78 is 5.70. The van der Waals surface area contributed by atoms with E-state index in [1.165, 1.54) is 5.75 Å². The third kappa shape index (κ3) is 4.00. The minimum Gasteiger partial charge on any atom is -0.494 e. The maximum absolute atomic E-state index is 11.6. The molecule has 0 aliphatic carbocycles. The average molecular weight is 293 g/mol. The number of nitrogens with zero attached hydrogens (tertiary/aromatic N) is 1. The van der Waals surface area contributed by atoms with Crippen LogP contribution in [-0.4, -0.2) is 41.4 Å². The molecule has 0 bridgehead atoms. The summed E-state index contributed by atoms with van der Waals surface area (Å²) >= 11 is 2.03. The molecule has 1 aliphatic rings. The molecule has 20 heavy (non-hydrogen) atoms. The van der Waals surface area contributed by atoms with Crippen LogP contribution < -0.4 is 4.74 Å². The summed E-state index contributed by atoms with van der Waals surface area (Å²) in [6.07, 6.45) is 0. The standard InChI is InChI=1S/C16H23NO2S/c1-4-19-16-6-5-14(13(3)18)9-15(16)11-17-7-8-20-12(2)10-17/h5-6,9,12H,4,7-8,10-11H2,1-3H3. The van der Waals surface area contributed by atoms with Crippen LogP contribution in [0.15, 0.2) is 18.2 Å². The van der Waals surface area contributed by atoms with Gasteiger partial charge in [-0.3, -0.25) is 9.69 Å². The lowest BCUT2D eigenvalue weighted by Crippen LogP contribution is -2.36. The molecule has 1 saturated heterocycles. The van der Waals surface area contributed by atoms with Gasteiger partial charge < -0.3 is 4.74 Å². The van der Waals surface area contributed by atoms with Gasteiger partial charge in [0.2, 0.25) is 0 Å². The van der Waals surface area contributed by atoms with Crippen LogP contribution in [0, 0.1) is 0 Å². The van der Waals surface area contributed by atoms with Gasteiger partial charge in [-0.15, -0.1) is 0 Å². The fraction of sp³-hybridized carbons (Fsp3) is 0.562. The molecule has 1 aromatic carbocycles.